The van der Waals surface area contributed by atoms with Gasteiger partial charge in [-0.25, -0.2) is 0 Å². The molecule has 32 heavy (non-hydrogen) atoms. The molecule has 1 aliphatic rings. The third-order valence-corrected chi connectivity index (χ3v) is 5.57. The Balaban J connectivity index is 1.51. The second kappa shape index (κ2) is 12.2. The number of thiocarbonyl (C=S) groups is 1. The number of nitrogens with one attached hydrogen (secondary N) is 2. The quantitative estimate of drug-likeness (QED) is 0.434. The highest BCUT2D eigenvalue weighted by molar-refractivity contribution is 7.80. The van der Waals surface area contributed by atoms with Crippen LogP contribution in [0.15, 0.2) is 48.5 Å². The van der Waals surface area contributed by atoms with Crippen LogP contribution in [0.2, 0.25) is 0 Å². The van der Waals surface area contributed by atoms with Crippen LogP contribution < -0.4 is 15.4 Å². The molecule has 1 fully saturated rings. The summed E-state index contributed by atoms with van der Waals surface area (Å²) in [4.78, 5) is 27.1. The van der Waals surface area contributed by atoms with Gasteiger partial charge in [-0.2, -0.15) is 0 Å². The summed E-state index contributed by atoms with van der Waals surface area (Å²) in [5.41, 5.74) is 1.76. The van der Waals surface area contributed by atoms with Gasteiger partial charge in [0.2, 0.25) is 0 Å². The fraction of sp³-hybridized carbons (Fsp3) is 0.400. The van der Waals surface area contributed by atoms with E-state index in [1.54, 1.807) is 36.4 Å². The summed E-state index contributed by atoms with van der Waals surface area (Å²) < 4.78 is 5.68. The summed E-state index contributed by atoms with van der Waals surface area (Å²) in [7, 11) is 0. The molecular formula is C25H31N3O3S. The summed E-state index contributed by atoms with van der Waals surface area (Å²) >= 11 is 5.29. The minimum atomic E-state index is -0.305. The van der Waals surface area contributed by atoms with Crippen LogP contribution in [-0.2, 0) is 0 Å². The minimum Gasteiger partial charge on any atom is -0.494 e. The van der Waals surface area contributed by atoms with E-state index in [4.69, 9.17) is 17.0 Å². The smallest absolute Gasteiger partial charge is 0.257 e. The highest BCUT2D eigenvalue weighted by Gasteiger charge is 2.18. The van der Waals surface area contributed by atoms with Crippen molar-refractivity contribution in [3.63, 3.8) is 0 Å². The van der Waals surface area contributed by atoms with E-state index in [2.05, 4.69) is 17.6 Å². The Morgan fingerprint density at radius 2 is 1.75 bits per heavy atom. The fourth-order valence-electron chi connectivity index (χ4n) is 3.59. The summed E-state index contributed by atoms with van der Waals surface area (Å²) in [6, 6.07) is 14.2. The molecule has 0 saturated carbocycles. The van der Waals surface area contributed by atoms with E-state index in [1.165, 1.54) is 6.42 Å². The molecule has 0 bridgehead atoms. The first kappa shape index (κ1) is 23.7. The van der Waals surface area contributed by atoms with Gasteiger partial charge in [0.15, 0.2) is 5.11 Å². The van der Waals surface area contributed by atoms with Crippen molar-refractivity contribution in [2.75, 3.05) is 25.0 Å². The van der Waals surface area contributed by atoms with E-state index < -0.39 is 0 Å². The molecule has 2 aromatic rings. The average Bonchev–Trinajstić information content (AvgIpc) is 2.82. The Labute approximate surface area is 195 Å². The normalized spacial score (nSPS) is 13.3. The van der Waals surface area contributed by atoms with E-state index in [0.29, 0.717) is 23.4 Å². The van der Waals surface area contributed by atoms with E-state index >= 15 is 0 Å². The summed E-state index contributed by atoms with van der Waals surface area (Å²) in [6.07, 6.45) is 6.57. The van der Waals surface area contributed by atoms with Gasteiger partial charge in [-0.1, -0.05) is 25.8 Å². The van der Waals surface area contributed by atoms with Crippen LogP contribution >= 0.6 is 12.2 Å². The predicted octanol–water partition coefficient (Wildman–Crippen LogP) is 5.01. The number of hydrogen-bond donors (Lipinski definition) is 2. The molecule has 0 aliphatic carbocycles. The number of benzene rings is 2. The zero-order chi connectivity index (χ0) is 22.8. The maximum Gasteiger partial charge on any atom is 0.257 e. The standard InChI is InChI=1S/C25H31N3O3S/c1-2-3-7-17-31-22-13-11-19(12-14-22)23(29)27-25(32)26-21-10-8-9-20(18-21)24(30)28-15-5-4-6-16-28/h8-14,18H,2-7,15-17H2,1H3,(H2,26,27,29,32). The lowest BCUT2D eigenvalue weighted by Gasteiger charge is -2.26. The topological polar surface area (TPSA) is 70.7 Å². The monoisotopic (exact) mass is 453 g/mol. The minimum absolute atomic E-state index is 0.0281. The molecule has 0 spiro atoms. The average molecular weight is 454 g/mol. The van der Waals surface area contributed by atoms with E-state index in [-0.39, 0.29) is 16.9 Å². The van der Waals surface area contributed by atoms with Crippen molar-refractivity contribution < 1.29 is 14.3 Å². The van der Waals surface area contributed by atoms with Crippen LogP contribution in [0.4, 0.5) is 5.69 Å². The molecule has 3 rings (SSSR count). The van der Waals surface area contributed by atoms with Crippen LogP contribution in [0, 0.1) is 0 Å². The summed E-state index contributed by atoms with van der Waals surface area (Å²) in [6.45, 7) is 4.42. The third-order valence-electron chi connectivity index (χ3n) is 5.37. The van der Waals surface area contributed by atoms with Crippen LogP contribution in [-0.4, -0.2) is 41.5 Å². The lowest BCUT2D eigenvalue weighted by molar-refractivity contribution is 0.0724. The van der Waals surface area contributed by atoms with Crippen molar-refractivity contribution in [1.29, 1.82) is 0 Å². The Morgan fingerprint density at radius 3 is 2.47 bits per heavy atom. The number of anilines is 1. The number of hydrogen-bond acceptors (Lipinski definition) is 4. The van der Waals surface area contributed by atoms with Gasteiger partial charge < -0.3 is 15.0 Å². The molecule has 2 aromatic carbocycles. The Bertz CT molecular complexity index is 924. The number of nitrogens with zero attached hydrogens (tertiary/aromatic N) is 1. The Hall–Kier alpha value is -2.93. The molecule has 2 N–H and O–H groups in total. The van der Waals surface area contributed by atoms with Crippen molar-refractivity contribution >= 4 is 34.8 Å². The molecule has 2 amide bonds. The van der Waals surface area contributed by atoms with Gasteiger partial charge in [0.05, 0.1) is 6.61 Å². The van der Waals surface area contributed by atoms with Gasteiger partial charge in [0, 0.05) is 29.9 Å². The zero-order valence-corrected chi connectivity index (χ0v) is 19.4. The predicted molar refractivity (Wildman–Crippen MR) is 131 cm³/mol. The second-order valence-electron chi connectivity index (χ2n) is 7.92. The van der Waals surface area contributed by atoms with Crippen molar-refractivity contribution in [3.8, 4) is 5.75 Å². The van der Waals surface area contributed by atoms with Gasteiger partial charge in [-0.3, -0.25) is 14.9 Å². The lowest BCUT2D eigenvalue weighted by atomic mass is 10.1. The van der Waals surface area contributed by atoms with E-state index in [0.717, 1.165) is 50.9 Å². The number of likely N-dealkylation sites (tertiary alicyclic amines) is 1. The van der Waals surface area contributed by atoms with Crippen molar-refractivity contribution in [1.82, 2.24) is 10.2 Å². The summed E-state index contributed by atoms with van der Waals surface area (Å²) in [5.74, 6) is 0.467. The fourth-order valence-corrected chi connectivity index (χ4v) is 3.80. The Kier molecular flexibility index (Phi) is 9.04. The first-order chi connectivity index (χ1) is 15.6. The summed E-state index contributed by atoms with van der Waals surface area (Å²) in [5, 5.41) is 5.86. The van der Waals surface area contributed by atoms with Crippen LogP contribution in [0.25, 0.3) is 0 Å². The molecule has 1 saturated heterocycles. The number of piperidine rings is 1. The van der Waals surface area contributed by atoms with Gasteiger partial charge in [-0.05, 0) is 80.4 Å². The van der Waals surface area contributed by atoms with Crippen LogP contribution in [0.5, 0.6) is 5.75 Å². The molecule has 1 aliphatic heterocycles. The number of carbonyl (C=O) groups is 2. The van der Waals surface area contributed by atoms with Crippen LogP contribution in [0.1, 0.15) is 66.2 Å². The van der Waals surface area contributed by atoms with E-state index in [9.17, 15) is 9.59 Å². The second-order valence-corrected chi connectivity index (χ2v) is 8.33. The third kappa shape index (κ3) is 7.05. The highest BCUT2D eigenvalue weighted by Crippen LogP contribution is 2.17. The molecule has 1 heterocycles. The van der Waals surface area contributed by atoms with Gasteiger partial charge >= 0.3 is 0 Å². The zero-order valence-electron chi connectivity index (χ0n) is 18.6. The van der Waals surface area contributed by atoms with Crippen molar-refractivity contribution in [2.24, 2.45) is 0 Å². The molecular weight excluding hydrogens is 422 g/mol. The first-order valence-corrected chi connectivity index (χ1v) is 11.7. The number of amides is 2. The number of ether oxygens (including phenoxy) is 1. The lowest BCUT2D eigenvalue weighted by Crippen LogP contribution is -2.36. The van der Waals surface area contributed by atoms with E-state index in [1.807, 2.05) is 17.0 Å². The largest absolute Gasteiger partial charge is 0.494 e. The number of carbonyl (C=O) groups excluding carboxylic acids is 2. The molecule has 6 nitrogen and oxygen atoms in total. The van der Waals surface area contributed by atoms with Gasteiger partial charge in [0.1, 0.15) is 5.75 Å². The highest BCUT2D eigenvalue weighted by atomic mass is 32.1. The maximum atomic E-state index is 12.7. The van der Waals surface area contributed by atoms with Crippen molar-refractivity contribution in [3.05, 3.63) is 59.7 Å². The molecule has 0 unspecified atom stereocenters. The number of rotatable bonds is 8. The first-order valence-electron chi connectivity index (χ1n) is 11.3. The number of unbranched alkanes of at least 4 members (excludes halogenated alkanes) is 2. The molecule has 170 valence electrons. The molecule has 0 atom stereocenters. The van der Waals surface area contributed by atoms with Crippen molar-refractivity contribution in [2.45, 2.75) is 45.4 Å². The van der Waals surface area contributed by atoms with Crippen LogP contribution in [0.3, 0.4) is 0 Å². The molecule has 0 aromatic heterocycles. The van der Waals surface area contributed by atoms with Gasteiger partial charge in [-0.15, -0.1) is 0 Å². The maximum absolute atomic E-state index is 12.7. The SMILES string of the molecule is CCCCCOc1ccc(C(=O)NC(=S)Nc2cccc(C(=O)N3CCCCC3)c2)cc1. The molecule has 7 heteroatoms. The molecule has 0 radical (unpaired) electrons. The Morgan fingerprint density at radius 1 is 1.00 bits per heavy atom. The van der Waals surface area contributed by atoms with Gasteiger partial charge in [0.25, 0.3) is 11.8 Å².